The summed E-state index contributed by atoms with van der Waals surface area (Å²) in [7, 11) is 0. The molecule has 5 heteroatoms. The number of hydrogen-bond donors (Lipinski definition) is 0. The number of hydrogen-bond acceptors (Lipinski definition) is 2. The lowest BCUT2D eigenvalue weighted by molar-refractivity contribution is 0.477. The second kappa shape index (κ2) is 5.75. The molecule has 0 fully saturated rings. The van der Waals surface area contributed by atoms with Crippen molar-refractivity contribution in [3.8, 4) is 11.5 Å². The third-order valence-electron chi connectivity index (χ3n) is 3.64. The van der Waals surface area contributed by atoms with E-state index < -0.39 is 0 Å². The maximum Gasteiger partial charge on any atom is 0.151 e. The molecule has 1 heterocycles. The number of anilines is 3. The fraction of sp³-hybridized carbons (Fsp3) is 0. The first kappa shape index (κ1) is 14.9. The van der Waals surface area contributed by atoms with Crippen molar-refractivity contribution in [1.29, 1.82) is 0 Å². The second-order valence-corrected chi connectivity index (χ2v) is 6.82. The molecule has 0 saturated carbocycles. The van der Waals surface area contributed by atoms with Gasteiger partial charge in [0, 0.05) is 4.47 Å². The number of fused-ring (bicyclic) bond motifs is 2. The van der Waals surface area contributed by atoms with Crippen LogP contribution in [0.5, 0.6) is 11.5 Å². The lowest BCUT2D eigenvalue weighted by Crippen LogP contribution is -2.16. The molecule has 0 spiro atoms. The average molecular weight is 407 g/mol. The molecule has 3 aromatic rings. The summed E-state index contributed by atoms with van der Waals surface area (Å²) in [5.41, 5.74) is 2.54. The molecule has 4 rings (SSSR count). The molecular formula is C18H10BrCl2NO. The van der Waals surface area contributed by atoms with Crippen LogP contribution in [0.4, 0.5) is 17.1 Å². The molecule has 0 radical (unpaired) electrons. The van der Waals surface area contributed by atoms with E-state index in [0.29, 0.717) is 10.0 Å². The van der Waals surface area contributed by atoms with Crippen LogP contribution in [0.2, 0.25) is 10.0 Å². The number of ether oxygens (including phenoxy) is 1. The Morgan fingerprint density at radius 3 is 1.78 bits per heavy atom. The minimum atomic E-state index is 0.566. The topological polar surface area (TPSA) is 12.5 Å². The van der Waals surface area contributed by atoms with Gasteiger partial charge in [0.15, 0.2) is 11.5 Å². The number of halogens is 3. The van der Waals surface area contributed by atoms with Crippen LogP contribution in [-0.2, 0) is 0 Å². The Balaban J connectivity index is 2.02. The van der Waals surface area contributed by atoms with Crippen molar-refractivity contribution in [3.63, 3.8) is 0 Å². The molecule has 0 unspecified atom stereocenters. The van der Waals surface area contributed by atoms with E-state index in [1.165, 1.54) is 0 Å². The third kappa shape index (κ3) is 2.49. The van der Waals surface area contributed by atoms with Crippen LogP contribution in [0.25, 0.3) is 0 Å². The minimum absolute atomic E-state index is 0.566. The van der Waals surface area contributed by atoms with E-state index >= 15 is 0 Å². The molecule has 1 aliphatic heterocycles. The number of rotatable bonds is 1. The second-order valence-electron chi connectivity index (χ2n) is 5.09. The van der Waals surface area contributed by atoms with Crippen LogP contribution in [-0.4, -0.2) is 0 Å². The first-order chi connectivity index (χ1) is 11.1. The van der Waals surface area contributed by atoms with Gasteiger partial charge in [-0.05, 0) is 36.4 Å². The molecule has 0 aliphatic carbocycles. The molecule has 1 aliphatic rings. The highest BCUT2D eigenvalue weighted by Gasteiger charge is 2.28. The average Bonchev–Trinajstić information content (AvgIpc) is 2.53. The van der Waals surface area contributed by atoms with Crippen LogP contribution in [0.3, 0.4) is 0 Å². The van der Waals surface area contributed by atoms with Gasteiger partial charge < -0.3 is 9.64 Å². The highest BCUT2D eigenvalue weighted by Crippen LogP contribution is 2.53. The van der Waals surface area contributed by atoms with Crippen molar-refractivity contribution in [1.82, 2.24) is 0 Å². The molecule has 0 amide bonds. The van der Waals surface area contributed by atoms with E-state index in [1.807, 2.05) is 65.6 Å². The lowest BCUT2D eigenvalue weighted by Gasteiger charge is -2.33. The van der Waals surface area contributed by atoms with Gasteiger partial charge in [0.25, 0.3) is 0 Å². The van der Waals surface area contributed by atoms with Gasteiger partial charge in [0.1, 0.15) is 0 Å². The Hall–Kier alpha value is -1.68. The van der Waals surface area contributed by atoms with Crippen LogP contribution in [0, 0.1) is 0 Å². The normalized spacial score (nSPS) is 12.4. The molecule has 0 aromatic heterocycles. The first-order valence-electron chi connectivity index (χ1n) is 6.96. The van der Waals surface area contributed by atoms with E-state index in [4.69, 9.17) is 27.9 Å². The highest BCUT2D eigenvalue weighted by atomic mass is 79.9. The SMILES string of the molecule is Clc1cc(Br)cc(Cl)c1N1c2ccccc2Oc2ccccc21. The zero-order chi connectivity index (χ0) is 16.0. The Morgan fingerprint density at radius 2 is 1.26 bits per heavy atom. The minimum Gasteiger partial charge on any atom is -0.453 e. The summed E-state index contributed by atoms with van der Waals surface area (Å²) < 4.78 is 6.83. The molecule has 3 aromatic carbocycles. The van der Waals surface area contributed by atoms with Crippen molar-refractivity contribution in [2.45, 2.75) is 0 Å². The zero-order valence-electron chi connectivity index (χ0n) is 11.8. The Kier molecular flexibility index (Phi) is 3.72. The van der Waals surface area contributed by atoms with Crippen LogP contribution < -0.4 is 9.64 Å². The molecule has 114 valence electrons. The van der Waals surface area contributed by atoms with Gasteiger partial charge in [0.05, 0.1) is 27.1 Å². The van der Waals surface area contributed by atoms with Crippen LogP contribution in [0.1, 0.15) is 0 Å². The summed E-state index contributed by atoms with van der Waals surface area (Å²) in [6, 6.07) is 19.3. The van der Waals surface area contributed by atoms with Gasteiger partial charge in [0.2, 0.25) is 0 Å². The summed E-state index contributed by atoms with van der Waals surface area (Å²) in [5, 5.41) is 1.13. The van der Waals surface area contributed by atoms with Crippen molar-refractivity contribution in [3.05, 3.63) is 75.2 Å². The smallest absolute Gasteiger partial charge is 0.151 e. The predicted octanol–water partition coefficient (Wildman–Crippen LogP) is 7.33. The lowest BCUT2D eigenvalue weighted by atomic mass is 10.1. The Labute approximate surface area is 152 Å². The third-order valence-corrected chi connectivity index (χ3v) is 4.67. The van der Waals surface area contributed by atoms with Gasteiger partial charge in [-0.25, -0.2) is 0 Å². The van der Waals surface area contributed by atoms with Gasteiger partial charge >= 0.3 is 0 Å². The Bertz CT molecular complexity index is 845. The molecule has 2 nitrogen and oxygen atoms in total. The van der Waals surface area contributed by atoms with E-state index in [2.05, 4.69) is 15.9 Å². The summed E-state index contributed by atoms with van der Waals surface area (Å²) in [6.07, 6.45) is 0. The van der Waals surface area contributed by atoms with Gasteiger partial charge in [-0.2, -0.15) is 0 Å². The molecule has 23 heavy (non-hydrogen) atoms. The largest absolute Gasteiger partial charge is 0.453 e. The summed E-state index contributed by atoms with van der Waals surface area (Å²) >= 11 is 16.4. The van der Waals surface area contributed by atoms with E-state index in [-0.39, 0.29) is 0 Å². The number of benzene rings is 3. The van der Waals surface area contributed by atoms with Crippen molar-refractivity contribution in [2.75, 3.05) is 4.90 Å². The van der Waals surface area contributed by atoms with Crippen molar-refractivity contribution < 1.29 is 4.74 Å². The van der Waals surface area contributed by atoms with Gasteiger partial charge in [-0.15, -0.1) is 0 Å². The predicted molar refractivity (Wildman–Crippen MR) is 98.9 cm³/mol. The van der Waals surface area contributed by atoms with Gasteiger partial charge in [-0.3, -0.25) is 0 Å². The van der Waals surface area contributed by atoms with Crippen LogP contribution >= 0.6 is 39.1 Å². The van der Waals surface area contributed by atoms with Crippen molar-refractivity contribution in [2.24, 2.45) is 0 Å². The Morgan fingerprint density at radius 1 is 0.783 bits per heavy atom. The number of nitrogens with zero attached hydrogens (tertiary/aromatic N) is 1. The molecular weight excluding hydrogens is 397 g/mol. The van der Waals surface area contributed by atoms with Crippen LogP contribution in [0.15, 0.2) is 65.1 Å². The molecule has 0 bridgehead atoms. The van der Waals surface area contributed by atoms with E-state index in [9.17, 15) is 0 Å². The fourth-order valence-electron chi connectivity index (χ4n) is 2.69. The monoisotopic (exact) mass is 405 g/mol. The summed E-state index contributed by atoms with van der Waals surface area (Å²) in [6.45, 7) is 0. The maximum atomic E-state index is 6.50. The highest BCUT2D eigenvalue weighted by molar-refractivity contribution is 9.10. The summed E-state index contributed by atoms with van der Waals surface area (Å²) in [4.78, 5) is 2.03. The maximum absolute atomic E-state index is 6.50. The first-order valence-corrected chi connectivity index (χ1v) is 8.50. The molecule has 0 N–H and O–H groups in total. The summed E-state index contributed by atoms with van der Waals surface area (Å²) in [5.74, 6) is 1.53. The fourth-order valence-corrected chi connectivity index (χ4v) is 4.07. The van der Waals surface area contributed by atoms with E-state index in [1.54, 1.807) is 0 Å². The molecule has 0 atom stereocenters. The number of para-hydroxylation sites is 4. The standard InChI is InChI=1S/C18H10BrCl2NO/c19-11-9-12(20)18(13(21)10-11)22-14-5-1-3-7-16(14)23-17-8-4-2-6-15(17)22/h1-10H. The van der Waals surface area contributed by atoms with Crippen molar-refractivity contribution >= 4 is 56.2 Å². The quantitative estimate of drug-likeness (QED) is 0.328. The van der Waals surface area contributed by atoms with Gasteiger partial charge in [-0.1, -0.05) is 63.4 Å². The molecule has 0 saturated heterocycles. The van der Waals surface area contributed by atoms with E-state index in [0.717, 1.165) is 33.0 Å². The zero-order valence-corrected chi connectivity index (χ0v) is 14.9.